The van der Waals surface area contributed by atoms with Crippen LogP contribution in [0.15, 0.2) is 12.1 Å². The van der Waals surface area contributed by atoms with Gasteiger partial charge in [-0.15, -0.1) is 0 Å². The molecule has 0 saturated heterocycles. The van der Waals surface area contributed by atoms with Gasteiger partial charge in [0.05, 0.1) is 10.6 Å². The summed E-state index contributed by atoms with van der Waals surface area (Å²) in [6.45, 7) is 9.30. The first-order chi connectivity index (χ1) is 11.2. The summed E-state index contributed by atoms with van der Waals surface area (Å²) >= 11 is 6.06. The van der Waals surface area contributed by atoms with Gasteiger partial charge in [0.15, 0.2) is 17.6 Å². The van der Waals surface area contributed by atoms with E-state index in [9.17, 15) is 9.59 Å². The van der Waals surface area contributed by atoms with Gasteiger partial charge in [0, 0.05) is 12.1 Å². The molecule has 0 bridgehead atoms. The first-order valence-electron chi connectivity index (χ1n) is 7.84. The molecule has 24 heavy (non-hydrogen) atoms. The van der Waals surface area contributed by atoms with Crippen molar-refractivity contribution >= 4 is 23.5 Å². The van der Waals surface area contributed by atoms with Crippen molar-refractivity contribution in [1.82, 2.24) is 4.90 Å². The van der Waals surface area contributed by atoms with Crippen molar-refractivity contribution in [2.75, 3.05) is 6.79 Å². The first kappa shape index (κ1) is 18.4. The number of rotatable bonds is 5. The molecule has 0 fully saturated rings. The van der Waals surface area contributed by atoms with Gasteiger partial charge < -0.3 is 19.1 Å². The molecule has 0 radical (unpaired) electrons. The molecule has 1 aliphatic rings. The van der Waals surface area contributed by atoms with Crippen LogP contribution >= 0.6 is 11.6 Å². The molecule has 0 unspecified atom stereocenters. The Morgan fingerprint density at radius 1 is 1.12 bits per heavy atom. The largest absolute Gasteiger partial charge is 0.454 e. The lowest BCUT2D eigenvalue weighted by atomic mass is 10.2. The zero-order valence-corrected chi connectivity index (χ0v) is 15.2. The minimum Gasteiger partial charge on any atom is -0.454 e. The van der Waals surface area contributed by atoms with Crippen LogP contribution in [0.5, 0.6) is 11.5 Å². The standard InChI is InChI=1S/C17H22ClNO5/c1-9(2)19(10(3)4)16(20)11(5)24-17(21)12-6-13(18)15-14(7-12)22-8-23-15/h6-7,9-11H,8H2,1-5H3/t11-/m1/s1. The number of fused-ring (bicyclic) bond motifs is 1. The van der Waals surface area contributed by atoms with Crippen molar-refractivity contribution in [1.29, 1.82) is 0 Å². The third kappa shape index (κ3) is 3.75. The second kappa shape index (κ2) is 7.30. The number of carbonyl (C=O) groups excluding carboxylic acids is 2. The highest BCUT2D eigenvalue weighted by molar-refractivity contribution is 6.32. The molecule has 0 spiro atoms. The van der Waals surface area contributed by atoms with Crippen LogP contribution < -0.4 is 9.47 Å². The summed E-state index contributed by atoms with van der Waals surface area (Å²) in [5, 5.41) is 0.266. The Bertz CT molecular complexity index is 636. The molecule has 1 amide bonds. The van der Waals surface area contributed by atoms with E-state index in [1.54, 1.807) is 11.8 Å². The fourth-order valence-corrected chi connectivity index (χ4v) is 2.94. The van der Waals surface area contributed by atoms with E-state index in [1.165, 1.54) is 12.1 Å². The smallest absolute Gasteiger partial charge is 0.339 e. The summed E-state index contributed by atoms with van der Waals surface area (Å²) in [5.74, 6) is -0.0775. The molecular formula is C17H22ClNO5. The molecule has 0 aliphatic carbocycles. The van der Waals surface area contributed by atoms with E-state index in [0.717, 1.165) is 0 Å². The zero-order chi connectivity index (χ0) is 18.0. The number of benzene rings is 1. The second-order valence-corrected chi connectivity index (χ2v) is 6.58. The molecular weight excluding hydrogens is 334 g/mol. The molecule has 1 heterocycles. The summed E-state index contributed by atoms with van der Waals surface area (Å²) in [7, 11) is 0. The summed E-state index contributed by atoms with van der Waals surface area (Å²) in [4.78, 5) is 26.5. The van der Waals surface area contributed by atoms with Gasteiger partial charge in [0.2, 0.25) is 6.79 Å². The Balaban J connectivity index is 2.12. The minimum atomic E-state index is -0.897. The SMILES string of the molecule is CC(C)N(C(=O)[C@@H](C)OC(=O)c1cc(Cl)c2c(c1)OCO2)C(C)C. The van der Waals surface area contributed by atoms with E-state index in [2.05, 4.69) is 0 Å². The van der Waals surface area contributed by atoms with Crippen LogP contribution in [0, 0.1) is 0 Å². The van der Waals surface area contributed by atoms with Crippen LogP contribution in [0.1, 0.15) is 45.0 Å². The summed E-state index contributed by atoms with van der Waals surface area (Å²) in [5.41, 5.74) is 0.213. The van der Waals surface area contributed by atoms with E-state index >= 15 is 0 Å². The van der Waals surface area contributed by atoms with Gasteiger partial charge >= 0.3 is 5.97 Å². The molecule has 132 valence electrons. The van der Waals surface area contributed by atoms with Crippen molar-refractivity contribution < 1.29 is 23.8 Å². The number of carbonyl (C=O) groups is 2. The Hall–Kier alpha value is -1.95. The minimum absolute atomic E-state index is 0.0126. The molecule has 1 aromatic rings. The number of nitrogens with zero attached hydrogens (tertiary/aromatic N) is 1. The lowest BCUT2D eigenvalue weighted by Crippen LogP contribution is -2.47. The Morgan fingerprint density at radius 2 is 1.75 bits per heavy atom. The Morgan fingerprint density at radius 3 is 2.33 bits per heavy atom. The van der Waals surface area contributed by atoms with Gasteiger partial charge in [-0.2, -0.15) is 0 Å². The van der Waals surface area contributed by atoms with E-state index in [-0.39, 0.29) is 35.4 Å². The maximum atomic E-state index is 12.5. The summed E-state index contributed by atoms with van der Waals surface area (Å²) in [6.07, 6.45) is -0.897. The lowest BCUT2D eigenvalue weighted by molar-refractivity contribution is -0.143. The lowest BCUT2D eigenvalue weighted by Gasteiger charge is -2.32. The second-order valence-electron chi connectivity index (χ2n) is 6.17. The molecule has 0 N–H and O–H groups in total. The van der Waals surface area contributed by atoms with Crippen LogP contribution in [0.2, 0.25) is 5.02 Å². The highest BCUT2D eigenvalue weighted by Crippen LogP contribution is 2.39. The van der Waals surface area contributed by atoms with Crippen molar-refractivity contribution in [3.05, 3.63) is 22.7 Å². The van der Waals surface area contributed by atoms with Crippen LogP contribution in [-0.2, 0) is 9.53 Å². The number of esters is 1. The van der Waals surface area contributed by atoms with Gasteiger partial charge in [-0.1, -0.05) is 11.6 Å². The van der Waals surface area contributed by atoms with Gasteiger partial charge in [-0.25, -0.2) is 4.79 Å². The van der Waals surface area contributed by atoms with Crippen molar-refractivity contribution in [3.8, 4) is 11.5 Å². The molecule has 0 aromatic heterocycles. The normalized spacial score (nSPS) is 14.0. The maximum absolute atomic E-state index is 12.5. The number of ether oxygens (including phenoxy) is 3. The molecule has 1 aliphatic heterocycles. The quantitative estimate of drug-likeness (QED) is 0.758. The van der Waals surface area contributed by atoms with Crippen LogP contribution in [-0.4, -0.2) is 41.8 Å². The number of amides is 1. The maximum Gasteiger partial charge on any atom is 0.339 e. The fraction of sp³-hybridized carbons (Fsp3) is 0.529. The van der Waals surface area contributed by atoms with E-state index in [1.807, 2.05) is 27.7 Å². The zero-order valence-electron chi connectivity index (χ0n) is 14.5. The molecule has 6 nitrogen and oxygen atoms in total. The van der Waals surface area contributed by atoms with Crippen molar-refractivity contribution in [2.45, 2.75) is 52.8 Å². The van der Waals surface area contributed by atoms with E-state index in [4.69, 9.17) is 25.8 Å². The fourth-order valence-electron chi connectivity index (χ4n) is 2.68. The molecule has 0 saturated carbocycles. The predicted octanol–water partition coefficient (Wildman–Crippen LogP) is 3.26. The average Bonchev–Trinajstić information content (AvgIpc) is 2.95. The summed E-state index contributed by atoms with van der Waals surface area (Å²) in [6, 6.07) is 2.96. The van der Waals surface area contributed by atoms with E-state index in [0.29, 0.717) is 11.5 Å². The summed E-state index contributed by atoms with van der Waals surface area (Å²) < 4.78 is 15.7. The monoisotopic (exact) mass is 355 g/mol. The topological polar surface area (TPSA) is 65.1 Å². The highest BCUT2D eigenvalue weighted by Gasteiger charge is 2.29. The van der Waals surface area contributed by atoms with Crippen LogP contribution in [0.4, 0.5) is 0 Å². The Labute approximate surface area is 146 Å². The van der Waals surface area contributed by atoms with Crippen molar-refractivity contribution in [2.24, 2.45) is 0 Å². The Kier molecular flexibility index (Phi) is 5.59. The molecule has 7 heteroatoms. The van der Waals surface area contributed by atoms with Crippen molar-refractivity contribution in [3.63, 3.8) is 0 Å². The van der Waals surface area contributed by atoms with Crippen LogP contribution in [0.25, 0.3) is 0 Å². The predicted molar refractivity (Wildman–Crippen MR) is 89.6 cm³/mol. The number of hydrogen-bond donors (Lipinski definition) is 0. The average molecular weight is 356 g/mol. The van der Waals surface area contributed by atoms with E-state index < -0.39 is 12.1 Å². The third-order valence-corrected chi connectivity index (χ3v) is 3.94. The third-order valence-electron chi connectivity index (χ3n) is 3.66. The van der Waals surface area contributed by atoms with Gasteiger partial charge in [-0.3, -0.25) is 4.79 Å². The van der Waals surface area contributed by atoms with Crippen LogP contribution in [0.3, 0.4) is 0 Å². The number of halogens is 1. The molecule has 1 aromatic carbocycles. The molecule has 2 rings (SSSR count). The highest BCUT2D eigenvalue weighted by atomic mass is 35.5. The molecule has 1 atom stereocenters. The number of hydrogen-bond acceptors (Lipinski definition) is 5. The van der Waals surface area contributed by atoms with Gasteiger partial charge in [0.25, 0.3) is 5.91 Å². The van der Waals surface area contributed by atoms with Gasteiger partial charge in [0.1, 0.15) is 0 Å². The van der Waals surface area contributed by atoms with Gasteiger partial charge in [-0.05, 0) is 46.8 Å². The first-order valence-corrected chi connectivity index (χ1v) is 8.22.